The predicted octanol–water partition coefficient (Wildman–Crippen LogP) is 3.27. The lowest BCUT2D eigenvalue weighted by Crippen LogP contribution is -2.17. The summed E-state index contributed by atoms with van der Waals surface area (Å²) in [7, 11) is 1.50. The van der Waals surface area contributed by atoms with Crippen LogP contribution < -0.4 is 0 Å². The zero-order chi connectivity index (χ0) is 15.9. The Morgan fingerprint density at radius 3 is 2.32 bits per heavy atom. The standard InChI is InChI=1S/C18H18O4/c1-22-18(14-8-3-2-4-9-14)17(21)15-10-6-5-7-13(15)11-12-16(19)20/h2-10,18H,11-12H2,1H3,(H,19,20). The molecule has 4 heteroatoms. The first-order chi connectivity index (χ1) is 10.6. The van der Waals surface area contributed by atoms with Crippen LogP contribution in [0.1, 0.15) is 34.0 Å². The summed E-state index contributed by atoms with van der Waals surface area (Å²) in [5.74, 6) is -1.04. The second-order valence-electron chi connectivity index (χ2n) is 4.94. The van der Waals surface area contributed by atoms with Crippen molar-refractivity contribution in [1.29, 1.82) is 0 Å². The van der Waals surface area contributed by atoms with Gasteiger partial charge >= 0.3 is 5.97 Å². The summed E-state index contributed by atoms with van der Waals surface area (Å²) in [5.41, 5.74) is 2.02. The third-order valence-electron chi connectivity index (χ3n) is 3.47. The van der Waals surface area contributed by atoms with Crippen molar-refractivity contribution in [3.05, 3.63) is 71.3 Å². The number of Topliss-reactive ketones (excluding diaryl/α,β-unsaturated/α-hetero) is 1. The van der Waals surface area contributed by atoms with Crippen LogP contribution in [0.15, 0.2) is 54.6 Å². The number of methoxy groups -OCH3 is 1. The first kappa shape index (κ1) is 15.9. The Kier molecular flexibility index (Phi) is 5.44. The summed E-state index contributed by atoms with van der Waals surface area (Å²) < 4.78 is 5.37. The van der Waals surface area contributed by atoms with E-state index in [9.17, 15) is 9.59 Å². The van der Waals surface area contributed by atoms with Crippen molar-refractivity contribution >= 4 is 11.8 Å². The van der Waals surface area contributed by atoms with E-state index >= 15 is 0 Å². The summed E-state index contributed by atoms with van der Waals surface area (Å²) in [6.07, 6.45) is -0.373. The Hall–Kier alpha value is -2.46. The van der Waals surface area contributed by atoms with Gasteiger partial charge in [0.2, 0.25) is 0 Å². The first-order valence-electron chi connectivity index (χ1n) is 7.05. The van der Waals surface area contributed by atoms with Gasteiger partial charge in [0, 0.05) is 19.1 Å². The van der Waals surface area contributed by atoms with E-state index in [1.54, 1.807) is 24.3 Å². The zero-order valence-corrected chi connectivity index (χ0v) is 12.4. The van der Waals surface area contributed by atoms with Gasteiger partial charge in [-0.25, -0.2) is 0 Å². The fourth-order valence-electron chi connectivity index (χ4n) is 2.38. The average molecular weight is 298 g/mol. The van der Waals surface area contributed by atoms with Gasteiger partial charge < -0.3 is 9.84 Å². The second kappa shape index (κ2) is 7.52. The molecule has 4 nitrogen and oxygen atoms in total. The summed E-state index contributed by atoms with van der Waals surface area (Å²) in [4.78, 5) is 23.5. The quantitative estimate of drug-likeness (QED) is 0.797. The van der Waals surface area contributed by atoms with Gasteiger partial charge in [0.1, 0.15) is 6.10 Å². The van der Waals surface area contributed by atoms with Gasteiger partial charge in [-0.1, -0.05) is 54.6 Å². The molecule has 0 radical (unpaired) electrons. The third kappa shape index (κ3) is 3.80. The lowest BCUT2D eigenvalue weighted by Gasteiger charge is -2.16. The minimum atomic E-state index is -0.881. The van der Waals surface area contributed by atoms with Crippen LogP contribution in [0.25, 0.3) is 0 Å². The number of carboxylic acids is 1. The molecule has 0 bridgehead atoms. The highest BCUT2D eigenvalue weighted by Crippen LogP contribution is 2.24. The molecule has 0 saturated heterocycles. The molecule has 2 aromatic carbocycles. The summed E-state index contributed by atoms with van der Waals surface area (Å²) in [6, 6.07) is 16.3. The van der Waals surface area contributed by atoms with E-state index in [1.165, 1.54) is 7.11 Å². The van der Waals surface area contributed by atoms with Gasteiger partial charge in [-0.2, -0.15) is 0 Å². The Bertz CT molecular complexity index is 649. The molecule has 0 aliphatic carbocycles. The van der Waals surface area contributed by atoms with Crippen molar-refractivity contribution < 1.29 is 19.4 Å². The number of hydrogen-bond donors (Lipinski definition) is 1. The van der Waals surface area contributed by atoms with Crippen molar-refractivity contribution in [3.63, 3.8) is 0 Å². The van der Waals surface area contributed by atoms with Crippen LogP contribution in [0, 0.1) is 0 Å². The highest BCUT2D eigenvalue weighted by Gasteiger charge is 2.23. The minimum Gasteiger partial charge on any atom is -0.481 e. The SMILES string of the molecule is COC(C(=O)c1ccccc1CCC(=O)O)c1ccccc1. The summed E-state index contributed by atoms with van der Waals surface area (Å²) >= 11 is 0. The molecule has 2 rings (SSSR count). The van der Waals surface area contributed by atoms with E-state index in [0.717, 1.165) is 11.1 Å². The molecule has 0 aromatic heterocycles. The van der Waals surface area contributed by atoms with E-state index in [4.69, 9.17) is 9.84 Å². The Morgan fingerprint density at radius 2 is 1.68 bits per heavy atom. The van der Waals surface area contributed by atoms with Crippen LogP contribution in [-0.2, 0) is 16.0 Å². The Balaban J connectivity index is 2.30. The number of carboxylic acid groups (broad SMARTS) is 1. The van der Waals surface area contributed by atoms with Crippen LogP contribution in [0.3, 0.4) is 0 Å². The van der Waals surface area contributed by atoms with Gasteiger partial charge in [0.15, 0.2) is 5.78 Å². The van der Waals surface area contributed by atoms with Crippen LogP contribution in [0.5, 0.6) is 0 Å². The van der Waals surface area contributed by atoms with E-state index < -0.39 is 12.1 Å². The predicted molar refractivity (Wildman–Crippen MR) is 82.9 cm³/mol. The van der Waals surface area contributed by atoms with Crippen molar-refractivity contribution in [1.82, 2.24) is 0 Å². The van der Waals surface area contributed by atoms with Gasteiger partial charge in [-0.15, -0.1) is 0 Å². The fraction of sp³-hybridized carbons (Fsp3) is 0.222. The number of ether oxygens (including phenoxy) is 1. The van der Waals surface area contributed by atoms with Crippen molar-refractivity contribution in [2.45, 2.75) is 18.9 Å². The molecule has 0 fully saturated rings. The topological polar surface area (TPSA) is 63.6 Å². The maximum absolute atomic E-state index is 12.8. The minimum absolute atomic E-state index is 0.00667. The molecule has 1 atom stereocenters. The number of hydrogen-bond acceptors (Lipinski definition) is 3. The summed E-state index contributed by atoms with van der Waals surface area (Å²) in [6.45, 7) is 0. The molecule has 0 saturated carbocycles. The van der Waals surface area contributed by atoms with Gasteiger partial charge in [0.25, 0.3) is 0 Å². The molecule has 0 heterocycles. The monoisotopic (exact) mass is 298 g/mol. The van der Waals surface area contributed by atoms with Crippen LogP contribution >= 0.6 is 0 Å². The molecular formula is C18H18O4. The van der Waals surface area contributed by atoms with Gasteiger partial charge in [0.05, 0.1) is 0 Å². The number of carbonyl (C=O) groups is 2. The number of aryl methyl sites for hydroxylation is 1. The molecule has 1 N–H and O–H groups in total. The van der Waals surface area contributed by atoms with Crippen LogP contribution in [-0.4, -0.2) is 24.0 Å². The van der Waals surface area contributed by atoms with Gasteiger partial charge in [-0.3, -0.25) is 9.59 Å². The lowest BCUT2D eigenvalue weighted by molar-refractivity contribution is -0.136. The maximum Gasteiger partial charge on any atom is 0.303 e. The van der Waals surface area contributed by atoms with E-state index in [-0.39, 0.29) is 12.2 Å². The molecule has 0 aliphatic rings. The molecule has 0 amide bonds. The summed E-state index contributed by atoms with van der Waals surface area (Å²) in [5, 5.41) is 8.83. The molecule has 114 valence electrons. The van der Waals surface area contributed by atoms with Crippen LogP contribution in [0.2, 0.25) is 0 Å². The number of benzene rings is 2. The second-order valence-corrected chi connectivity index (χ2v) is 4.94. The largest absolute Gasteiger partial charge is 0.481 e. The molecule has 2 aromatic rings. The normalized spacial score (nSPS) is 11.9. The molecule has 22 heavy (non-hydrogen) atoms. The molecule has 0 spiro atoms. The van der Waals surface area contributed by atoms with Crippen molar-refractivity contribution in [2.75, 3.05) is 7.11 Å². The van der Waals surface area contributed by atoms with E-state index in [1.807, 2.05) is 30.3 Å². The average Bonchev–Trinajstić information content (AvgIpc) is 2.55. The maximum atomic E-state index is 12.8. The number of ketones is 1. The zero-order valence-electron chi connectivity index (χ0n) is 12.4. The lowest BCUT2D eigenvalue weighted by atomic mass is 9.94. The van der Waals surface area contributed by atoms with Crippen molar-refractivity contribution in [3.8, 4) is 0 Å². The molecular weight excluding hydrogens is 280 g/mol. The number of rotatable bonds is 7. The first-order valence-corrected chi connectivity index (χ1v) is 7.05. The molecule has 0 aliphatic heterocycles. The Labute approximate surface area is 129 Å². The van der Waals surface area contributed by atoms with Crippen LogP contribution in [0.4, 0.5) is 0 Å². The highest BCUT2D eigenvalue weighted by molar-refractivity contribution is 6.01. The molecule has 1 unspecified atom stereocenters. The van der Waals surface area contributed by atoms with Gasteiger partial charge in [-0.05, 0) is 17.5 Å². The van der Waals surface area contributed by atoms with E-state index in [0.29, 0.717) is 12.0 Å². The Morgan fingerprint density at radius 1 is 1.05 bits per heavy atom. The fourth-order valence-corrected chi connectivity index (χ4v) is 2.38. The third-order valence-corrected chi connectivity index (χ3v) is 3.47. The van der Waals surface area contributed by atoms with E-state index in [2.05, 4.69) is 0 Å². The smallest absolute Gasteiger partial charge is 0.303 e. The number of aliphatic carboxylic acids is 1. The highest BCUT2D eigenvalue weighted by atomic mass is 16.5. The van der Waals surface area contributed by atoms with Crippen molar-refractivity contribution in [2.24, 2.45) is 0 Å². The number of carbonyl (C=O) groups excluding carboxylic acids is 1.